The van der Waals surface area contributed by atoms with Gasteiger partial charge in [0, 0.05) is 11.6 Å². The van der Waals surface area contributed by atoms with Gasteiger partial charge in [-0.15, -0.1) is 0 Å². The summed E-state index contributed by atoms with van der Waals surface area (Å²) >= 11 is 0. The van der Waals surface area contributed by atoms with Crippen molar-refractivity contribution in [3.63, 3.8) is 0 Å². The smallest absolute Gasteiger partial charge is 0.400 e. The fourth-order valence-electron chi connectivity index (χ4n) is 7.02. The maximum absolute atomic E-state index is 15.1. The number of rotatable bonds is 10. The van der Waals surface area contributed by atoms with Crippen LogP contribution in [0.15, 0.2) is 54.6 Å². The minimum absolute atomic E-state index is 0.212. The lowest BCUT2D eigenvalue weighted by Gasteiger charge is -2.33. The first-order chi connectivity index (χ1) is 20.6. The third-order valence-corrected chi connectivity index (χ3v) is 9.63. The van der Waals surface area contributed by atoms with Crippen molar-refractivity contribution in [3.05, 3.63) is 89.0 Å². The van der Waals surface area contributed by atoms with Gasteiger partial charge in [-0.2, -0.15) is 8.78 Å². The van der Waals surface area contributed by atoms with Crippen LogP contribution in [-0.2, 0) is 0 Å². The highest BCUT2D eigenvalue weighted by Gasteiger charge is 2.44. The maximum atomic E-state index is 15.1. The number of ether oxygens (including phenoxy) is 1. The lowest BCUT2D eigenvalue weighted by molar-refractivity contribution is -0.222. The molecule has 0 spiro atoms. The minimum Gasteiger partial charge on any atom is -0.432 e. The summed E-state index contributed by atoms with van der Waals surface area (Å²) in [5, 5.41) is 0. The summed E-state index contributed by atoms with van der Waals surface area (Å²) in [6, 6.07) is 13.1. The van der Waals surface area contributed by atoms with E-state index in [1.54, 1.807) is 0 Å². The van der Waals surface area contributed by atoms with Crippen molar-refractivity contribution < 1.29 is 31.1 Å². The van der Waals surface area contributed by atoms with E-state index in [0.717, 1.165) is 24.1 Å². The summed E-state index contributed by atoms with van der Waals surface area (Å²) < 4.78 is 90.3. The van der Waals surface area contributed by atoms with E-state index in [4.69, 9.17) is 4.74 Å². The number of hydrogen-bond acceptors (Lipinski definition) is 1. The van der Waals surface area contributed by atoms with Gasteiger partial charge in [0.25, 0.3) is 0 Å². The number of hydrogen-bond donors (Lipinski definition) is 0. The molecule has 0 atom stereocenters. The molecule has 0 saturated heterocycles. The molecule has 0 aromatic heterocycles. The van der Waals surface area contributed by atoms with Crippen molar-refractivity contribution in [1.29, 1.82) is 0 Å². The van der Waals surface area contributed by atoms with Gasteiger partial charge in [0.05, 0.1) is 5.92 Å². The summed E-state index contributed by atoms with van der Waals surface area (Å²) in [6.07, 6.45) is 8.67. The predicted molar refractivity (Wildman–Crippen MR) is 157 cm³/mol. The van der Waals surface area contributed by atoms with Crippen LogP contribution < -0.4 is 4.74 Å². The van der Waals surface area contributed by atoms with Crippen LogP contribution in [0, 0.1) is 35.1 Å². The maximum Gasteiger partial charge on any atom is 0.400 e. The Hall–Kier alpha value is -2.96. The highest BCUT2D eigenvalue weighted by Crippen LogP contribution is 2.44. The Balaban J connectivity index is 1.13. The average Bonchev–Trinajstić information content (AvgIpc) is 3.00. The molecule has 3 aromatic rings. The zero-order chi connectivity index (χ0) is 30.6. The molecule has 7 heteroatoms. The molecule has 2 aliphatic rings. The monoisotopic (exact) mass is 602 g/mol. The third-order valence-electron chi connectivity index (χ3n) is 9.63. The molecule has 43 heavy (non-hydrogen) atoms. The zero-order valence-electron chi connectivity index (χ0n) is 24.7. The molecule has 0 radical (unpaired) electrons. The lowest BCUT2D eigenvalue weighted by Crippen LogP contribution is -2.37. The molecule has 1 nitrogen and oxygen atoms in total. The fourth-order valence-corrected chi connectivity index (χ4v) is 7.02. The first kappa shape index (κ1) is 31.5. The molecule has 2 aliphatic carbocycles. The van der Waals surface area contributed by atoms with Crippen LogP contribution in [0.5, 0.6) is 5.75 Å². The van der Waals surface area contributed by atoms with Crippen LogP contribution >= 0.6 is 0 Å². The van der Waals surface area contributed by atoms with Gasteiger partial charge in [0.1, 0.15) is 11.6 Å². The van der Waals surface area contributed by atoms with Crippen molar-refractivity contribution in [2.24, 2.45) is 11.8 Å². The van der Waals surface area contributed by atoms with E-state index in [9.17, 15) is 17.6 Å². The van der Waals surface area contributed by atoms with E-state index in [2.05, 4.69) is 31.2 Å². The van der Waals surface area contributed by atoms with Gasteiger partial charge < -0.3 is 4.74 Å². The van der Waals surface area contributed by atoms with Crippen molar-refractivity contribution in [2.75, 3.05) is 0 Å². The summed E-state index contributed by atoms with van der Waals surface area (Å²) in [5.74, 6) is -5.32. The standard InChI is InChI=1S/C36H40F6O/c1-2-3-4-5-23-6-8-24(9-7-23)25-10-12-26(13-11-25)27-14-16-29(17-15-27)36(41,42)43-30-18-19-31(32(37)22-30)28-20-33(38)35(40)34(39)21-28/h10-13,18-24,27,29H,2-9,14-17H2,1H3. The fraction of sp³-hybridized carbons (Fsp3) is 0.500. The molecular formula is C36H40F6O. The van der Waals surface area contributed by atoms with Crippen LogP contribution in [0.3, 0.4) is 0 Å². The lowest BCUT2D eigenvalue weighted by atomic mass is 9.75. The molecule has 2 saturated carbocycles. The quantitative estimate of drug-likeness (QED) is 0.127. The third kappa shape index (κ3) is 7.58. The topological polar surface area (TPSA) is 9.23 Å². The second kappa shape index (κ2) is 13.8. The van der Waals surface area contributed by atoms with E-state index < -0.39 is 35.3 Å². The number of unbranched alkanes of at least 4 members (excludes halogenated alkanes) is 2. The van der Waals surface area contributed by atoms with Gasteiger partial charge >= 0.3 is 6.11 Å². The molecule has 0 N–H and O–H groups in total. The average molecular weight is 603 g/mol. The van der Waals surface area contributed by atoms with Crippen LogP contribution in [0.4, 0.5) is 26.3 Å². The first-order valence-electron chi connectivity index (χ1n) is 15.8. The number of halogens is 6. The Morgan fingerprint density at radius 2 is 1.23 bits per heavy atom. The highest BCUT2D eigenvalue weighted by molar-refractivity contribution is 5.65. The minimum atomic E-state index is -3.51. The molecule has 0 bridgehead atoms. The van der Waals surface area contributed by atoms with E-state index in [1.807, 2.05) is 0 Å². The zero-order valence-corrected chi connectivity index (χ0v) is 24.7. The Morgan fingerprint density at radius 3 is 1.77 bits per heavy atom. The molecule has 2 fully saturated rings. The van der Waals surface area contributed by atoms with Crippen LogP contribution in [0.1, 0.15) is 107 Å². The van der Waals surface area contributed by atoms with Gasteiger partial charge in [-0.25, -0.2) is 17.6 Å². The second-order valence-electron chi connectivity index (χ2n) is 12.5. The van der Waals surface area contributed by atoms with Gasteiger partial charge in [0.2, 0.25) is 0 Å². The first-order valence-corrected chi connectivity index (χ1v) is 15.8. The molecule has 232 valence electrons. The summed E-state index contributed by atoms with van der Waals surface area (Å²) in [7, 11) is 0. The van der Waals surface area contributed by atoms with Crippen molar-refractivity contribution in [3.8, 4) is 16.9 Å². The molecular weight excluding hydrogens is 562 g/mol. The molecule has 0 amide bonds. The van der Waals surface area contributed by atoms with Crippen LogP contribution in [-0.4, -0.2) is 6.11 Å². The number of benzene rings is 3. The second-order valence-corrected chi connectivity index (χ2v) is 12.5. The normalized spacial score (nSPS) is 22.9. The largest absolute Gasteiger partial charge is 0.432 e. The Bertz CT molecular complexity index is 1330. The van der Waals surface area contributed by atoms with Crippen molar-refractivity contribution in [2.45, 2.75) is 102 Å². The van der Waals surface area contributed by atoms with Gasteiger partial charge in [-0.05, 0) is 110 Å². The van der Waals surface area contributed by atoms with E-state index >= 15 is 8.78 Å². The SMILES string of the molecule is CCCCCC1CCC(c2ccc(C3CCC(C(F)(F)Oc4ccc(-c5cc(F)c(F)c(F)c5)c(F)c4)CC3)cc2)CC1. The van der Waals surface area contributed by atoms with Gasteiger partial charge in [-0.1, -0.05) is 56.9 Å². The van der Waals surface area contributed by atoms with Gasteiger partial charge in [0.15, 0.2) is 17.5 Å². The molecule has 5 rings (SSSR count). The Labute approximate surface area is 250 Å². The van der Waals surface area contributed by atoms with Crippen LogP contribution in [0.25, 0.3) is 11.1 Å². The summed E-state index contributed by atoms with van der Waals surface area (Å²) in [6.45, 7) is 2.25. The van der Waals surface area contributed by atoms with E-state index in [0.29, 0.717) is 30.9 Å². The molecule has 0 aliphatic heterocycles. The molecule has 0 unspecified atom stereocenters. The molecule has 3 aromatic carbocycles. The summed E-state index contributed by atoms with van der Waals surface area (Å²) in [4.78, 5) is 0. The van der Waals surface area contributed by atoms with Crippen molar-refractivity contribution >= 4 is 0 Å². The Morgan fingerprint density at radius 1 is 0.674 bits per heavy atom. The highest BCUT2D eigenvalue weighted by atomic mass is 19.3. The molecule has 0 heterocycles. The van der Waals surface area contributed by atoms with Crippen molar-refractivity contribution in [1.82, 2.24) is 0 Å². The Kier molecular flexibility index (Phi) is 10.1. The van der Waals surface area contributed by atoms with Crippen LogP contribution in [0.2, 0.25) is 0 Å². The predicted octanol–water partition coefficient (Wildman–Crippen LogP) is 11.7. The van der Waals surface area contributed by atoms with E-state index in [1.165, 1.54) is 62.5 Å². The van der Waals surface area contributed by atoms with E-state index in [-0.39, 0.29) is 35.6 Å². The summed E-state index contributed by atoms with van der Waals surface area (Å²) in [5.41, 5.74) is 2.07. The number of alkyl halides is 2. The van der Waals surface area contributed by atoms with Gasteiger partial charge in [-0.3, -0.25) is 0 Å².